The molecule has 0 aliphatic carbocycles. The molecule has 0 N–H and O–H groups in total. The lowest BCUT2D eigenvalue weighted by molar-refractivity contribution is -0.139. The average Bonchev–Trinajstić information content (AvgIpc) is 2.96. The van der Waals surface area contributed by atoms with E-state index in [0.29, 0.717) is 6.04 Å². The summed E-state index contributed by atoms with van der Waals surface area (Å²) in [5, 5.41) is 3.02. The summed E-state index contributed by atoms with van der Waals surface area (Å²) in [4.78, 5) is 20.8. The fourth-order valence-corrected chi connectivity index (χ4v) is 4.09. The van der Waals surface area contributed by atoms with E-state index in [1.807, 2.05) is 5.38 Å². The number of aromatic nitrogens is 1. The number of likely N-dealkylation sites (N-methyl/N-ethyl adjacent to an activating group) is 1. The second-order valence-corrected chi connectivity index (χ2v) is 6.50. The maximum absolute atomic E-state index is 11.3. The average molecular weight is 295 g/mol. The Labute approximate surface area is 123 Å². The summed E-state index contributed by atoms with van der Waals surface area (Å²) in [5.41, 5.74) is 0.819. The number of carbonyl (C=O) groups is 1. The third kappa shape index (κ3) is 2.67. The van der Waals surface area contributed by atoms with Crippen LogP contribution in [0.1, 0.15) is 25.0 Å². The number of hydrogen-bond acceptors (Lipinski definition) is 6. The van der Waals surface area contributed by atoms with Gasteiger partial charge < -0.3 is 9.64 Å². The molecule has 110 valence electrons. The van der Waals surface area contributed by atoms with Crippen molar-refractivity contribution in [2.45, 2.75) is 37.8 Å². The van der Waals surface area contributed by atoms with Crippen molar-refractivity contribution in [1.82, 2.24) is 9.88 Å². The van der Waals surface area contributed by atoms with Gasteiger partial charge in [-0.05, 0) is 26.3 Å². The summed E-state index contributed by atoms with van der Waals surface area (Å²) in [6.07, 6.45) is 4.10. The minimum absolute atomic E-state index is 0.225. The smallest absolute Gasteiger partial charge is 0.311 e. The van der Waals surface area contributed by atoms with E-state index in [1.165, 1.54) is 26.4 Å². The topological polar surface area (TPSA) is 45.7 Å². The second-order valence-electron chi connectivity index (χ2n) is 5.66. The Morgan fingerprint density at radius 3 is 3.05 bits per heavy atom. The lowest BCUT2D eigenvalue weighted by Crippen LogP contribution is -2.36. The molecule has 0 aromatic carbocycles. The van der Waals surface area contributed by atoms with Gasteiger partial charge in [-0.1, -0.05) is 0 Å². The molecule has 0 saturated carbocycles. The van der Waals surface area contributed by atoms with Gasteiger partial charge in [0.25, 0.3) is 0 Å². The number of hydrogen-bond donors (Lipinski definition) is 0. The number of thiazole rings is 1. The lowest BCUT2D eigenvalue weighted by atomic mass is 10.1. The van der Waals surface area contributed by atoms with Gasteiger partial charge in [0.1, 0.15) is 0 Å². The molecule has 2 bridgehead atoms. The van der Waals surface area contributed by atoms with Crippen molar-refractivity contribution in [3.05, 3.63) is 11.1 Å². The van der Waals surface area contributed by atoms with Gasteiger partial charge in [-0.3, -0.25) is 9.69 Å². The minimum Gasteiger partial charge on any atom is -0.469 e. The molecule has 3 rings (SSSR count). The predicted molar refractivity (Wildman–Crippen MR) is 79.2 cm³/mol. The lowest BCUT2D eigenvalue weighted by Gasteiger charge is -2.25. The van der Waals surface area contributed by atoms with Crippen LogP contribution in [0.4, 0.5) is 5.13 Å². The van der Waals surface area contributed by atoms with Crippen LogP contribution in [-0.4, -0.2) is 55.2 Å². The summed E-state index contributed by atoms with van der Waals surface area (Å²) in [6.45, 7) is 2.12. The highest BCUT2D eigenvalue weighted by Gasteiger charge is 2.35. The molecule has 0 spiro atoms. The summed E-state index contributed by atoms with van der Waals surface area (Å²) < 4.78 is 4.69. The van der Waals surface area contributed by atoms with Crippen LogP contribution >= 0.6 is 11.3 Å². The first-order chi connectivity index (χ1) is 9.67. The number of anilines is 1. The van der Waals surface area contributed by atoms with Gasteiger partial charge in [-0.2, -0.15) is 0 Å². The molecule has 1 aromatic rings. The second kappa shape index (κ2) is 5.69. The maximum Gasteiger partial charge on any atom is 0.311 e. The maximum atomic E-state index is 11.3. The van der Waals surface area contributed by atoms with Gasteiger partial charge in [0, 0.05) is 30.6 Å². The molecule has 1 aromatic heterocycles. The van der Waals surface area contributed by atoms with Crippen molar-refractivity contribution in [1.29, 1.82) is 0 Å². The van der Waals surface area contributed by atoms with E-state index in [2.05, 4.69) is 26.6 Å². The van der Waals surface area contributed by atoms with Gasteiger partial charge in [-0.25, -0.2) is 4.98 Å². The Morgan fingerprint density at radius 2 is 2.25 bits per heavy atom. The van der Waals surface area contributed by atoms with Gasteiger partial charge >= 0.3 is 5.97 Å². The summed E-state index contributed by atoms with van der Waals surface area (Å²) in [6, 6.07) is 1.38. The van der Waals surface area contributed by atoms with Gasteiger partial charge in [-0.15, -0.1) is 11.3 Å². The van der Waals surface area contributed by atoms with E-state index in [4.69, 9.17) is 0 Å². The molecule has 2 aliphatic heterocycles. The standard InChI is InChI=1S/C14H21N3O2S/c1-16-11-3-4-12(16)8-17(6-5-11)14-15-10(9-20-14)7-13(18)19-2/h9,11-12H,3-8H2,1-2H3. The molecule has 5 nitrogen and oxygen atoms in total. The molecular weight excluding hydrogens is 274 g/mol. The van der Waals surface area contributed by atoms with Crippen molar-refractivity contribution in [2.24, 2.45) is 0 Å². The van der Waals surface area contributed by atoms with Crippen LogP contribution in [0, 0.1) is 0 Å². The van der Waals surface area contributed by atoms with Crippen LogP contribution in [0.25, 0.3) is 0 Å². The van der Waals surface area contributed by atoms with Crippen LogP contribution in [0.5, 0.6) is 0 Å². The highest BCUT2D eigenvalue weighted by molar-refractivity contribution is 7.13. The Kier molecular flexibility index (Phi) is 3.94. The zero-order valence-electron chi connectivity index (χ0n) is 12.0. The quantitative estimate of drug-likeness (QED) is 0.791. The number of fused-ring (bicyclic) bond motifs is 2. The largest absolute Gasteiger partial charge is 0.469 e. The Morgan fingerprint density at radius 1 is 1.45 bits per heavy atom. The van der Waals surface area contributed by atoms with E-state index in [0.717, 1.165) is 30.0 Å². The van der Waals surface area contributed by atoms with Crippen molar-refractivity contribution in [3.63, 3.8) is 0 Å². The first kappa shape index (κ1) is 13.8. The van der Waals surface area contributed by atoms with Crippen molar-refractivity contribution in [3.8, 4) is 0 Å². The first-order valence-corrected chi connectivity index (χ1v) is 8.03. The highest BCUT2D eigenvalue weighted by atomic mass is 32.1. The van der Waals surface area contributed by atoms with E-state index in [-0.39, 0.29) is 12.4 Å². The molecule has 2 aliphatic rings. The third-order valence-electron chi connectivity index (χ3n) is 4.51. The first-order valence-electron chi connectivity index (χ1n) is 7.15. The van der Waals surface area contributed by atoms with Crippen LogP contribution < -0.4 is 4.90 Å². The molecule has 2 fully saturated rings. The fourth-order valence-electron chi connectivity index (χ4n) is 3.23. The SMILES string of the molecule is COC(=O)Cc1csc(N2CCC3CCC(C2)N3C)n1. The van der Waals surface area contributed by atoms with E-state index in [9.17, 15) is 4.79 Å². The molecule has 0 radical (unpaired) electrons. The van der Waals surface area contributed by atoms with Crippen LogP contribution in [-0.2, 0) is 16.0 Å². The predicted octanol–water partition coefficient (Wildman–Crippen LogP) is 1.53. The Hall–Kier alpha value is -1.14. The summed E-state index contributed by atoms with van der Waals surface area (Å²) >= 11 is 1.63. The van der Waals surface area contributed by atoms with Gasteiger partial charge in [0.15, 0.2) is 5.13 Å². The molecule has 2 atom stereocenters. The monoisotopic (exact) mass is 295 g/mol. The normalized spacial score (nSPS) is 26.6. The molecule has 20 heavy (non-hydrogen) atoms. The fraction of sp³-hybridized carbons (Fsp3) is 0.714. The van der Waals surface area contributed by atoms with Crippen LogP contribution in [0.3, 0.4) is 0 Å². The number of methoxy groups -OCH3 is 1. The molecule has 3 heterocycles. The van der Waals surface area contributed by atoms with Crippen molar-refractivity contribution < 1.29 is 9.53 Å². The van der Waals surface area contributed by atoms with E-state index < -0.39 is 0 Å². The van der Waals surface area contributed by atoms with Crippen LogP contribution in [0.15, 0.2) is 5.38 Å². The molecule has 0 amide bonds. The Bertz CT molecular complexity index is 491. The summed E-state index contributed by atoms with van der Waals surface area (Å²) in [7, 11) is 3.66. The highest BCUT2D eigenvalue weighted by Crippen LogP contribution is 2.31. The van der Waals surface area contributed by atoms with Gasteiger partial charge in [0.2, 0.25) is 0 Å². The van der Waals surface area contributed by atoms with Crippen LogP contribution in [0.2, 0.25) is 0 Å². The van der Waals surface area contributed by atoms with Gasteiger partial charge in [0.05, 0.1) is 19.2 Å². The molecule has 2 saturated heterocycles. The molecule has 6 heteroatoms. The molecular formula is C14H21N3O2S. The zero-order chi connectivity index (χ0) is 14.1. The number of ether oxygens (including phenoxy) is 1. The zero-order valence-corrected chi connectivity index (χ0v) is 12.9. The van der Waals surface area contributed by atoms with E-state index in [1.54, 1.807) is 11.3 Å². The number of esters is 1. The number of nitrogens with zero attached hydrogens (tertiary/aromatic N) is 3. The molecule has 2 unspecified atom stereocenters. The minimum atomic E-state index is -0.225. The van der Waals surface area contributed by atoms with Crippen molar-refractivity contribution >= 4 is 22.4 Å². The van der Waals surface area contributed by atoms with E-state index >= 15 is 0 Å². The Balaban J connectivity index is 1.69. The van der Waals surface area contributed by atoms with Crippen molar-refractivity contribution in [2.75, 3.05) is 32.1 Å². The number of carbonyl (C=O) groups excluding carboxylic acids is 1. The summed E-state index contributed by atoms with van der Waals surface area (Å²) in [5.74, 6) is -0.225. The number of rotatable bonds is 3. The third-order valence-corrected chi connectivity index (χ3v) is 5.46.